The summed E-state index contributed by atoms with van der Waals surface area (Å²) in [6.45, 7) is 8.88. The first-order valence-corrected chi connectivity index (χ1v) is 10.4. The molecule has 0 aliphatic rings. The van der Waals surface area contributed by atoms with E-state index in [2.05, 4.69) is 12.2 Å². The molecule has 0 saturated heterocycles. The summed E-state index contributed by atoms with van der Waals surface area (Å²) in [5.74, 6) is -0.641. The van der Waals surface area contributed by atoms with Crippen LogP contribution in [0.1, 0.15) is 85.3 Å². The fraction of sp³-hybridized carbons (Fsp3) is 0.440. The van der Waals surface area contributed by atoms with E-state index in [1.807, 2.05) is 24.3 Å². The van der Waals surface area contributed by atoms with Gasteiger partial charge >= 0.3 is 0 Å². The average molecular weight is 412 g/mol. The van der Waals surface area contributed by atoms with E-state index >= 15 is 0 Å². The summed E-state index contributed by atoms with van der Waals surface area (Å²) in [4.78, 5) is 24.6. The number of carbonyl (C=O) groups is 2. The zero-order valence-corrected chi connectivity index (χ0v) is 18.5. The molecule has 0 aliphatic heterocycles. The SMILES string of the molecule is CCCCNC(c1ccc(C(=O)C(C)(C)O)cc1)c1ccc(C(=O)C(C)(C)O)cc1. The maximum Gasteiger partial charge on any atom is 0.193 e. The van der Waals surface area contributed by atoms with Crippen molar-refractivity contribution in [2.24, 2.45) is 0 Å². The number of hydrogen-bond acceptors (Lipinski definition) is 5. The van der Waals surface area contributed by atoms with Crippen LogP contribution >= 0.6 is 0 Å². The summed E-state index contributed by atoms with van der Waals surface area (Å²) >= 11 is 0. The molecular formula is C25H33NO4. The third-order valence-corrected chi connectivity index (χ3v) is 5.00. The van der Waals surface area contributed by atoms with Gasteiger partial charge in [0.2, 0.25) is 0 Å². The van der Waals surface area contributed by atoms with E-state index in [4.69, 9.17) is 0 Å². The summed E-state index contributed by atoms with van der Waals surface area (Å²) in [6, 6.07) is 14.4. The van der Waals surface area contributed by atoms with Crippen LogP contribution in [0.2, 0.25) is 0 Å². The topological polar surface area (TPSA) is 86.6 Å². The normalized spacial score (nSPS) is 12.3. The van der Waals surface area contributed by atoms with E-state index in [9.17, 15) is 19.8 Å². The van der Waals surface area contributed by atoms with Crippen LogP contribution in [-0.4, -0.2) is 39.5 Å². The predicted octanol–water partition coefficient (Wildman–Crippen LogP) is 4.07. The Hall–Kier alpha value is -2.34. The first kappa shape index (κ1) is 23.9. The lowest BCUT2D eigenvalue weighted by atomic mass is 9.91. The number of aliphatic hydroxyl groups is 2. The van der Waals surface area contributed by atoms with Crippen molar-refractivity contribution < 1.29 is 19.8 Å². The highest BCUT2D eigenvalue weighted by molar-refractivity contribution is 6.02. The predicted molar refractivity (Wildman–Crippen MR) is 119 cm³/mol. The zero-order valence-electron chi connectivity index (χ0n) is 18.5. The molecule has 0 aromatic heterocycles. The number of benzene rings is 2. The van der Waals surface area contributed by atoms with E-state index in [-0.39, 0.29) is 17.6 Å². The standard InChI is InChI=1S/C25H33NO4/c1-6-7-16-26-21(17-8-12-19(13-9-17)22(27)24(2,3)29)18-10-14-20(15-11-18)23(28)25(4,5)30/h8-15,21,26,29-30H,6-7,16H2,1-5H3. The van der Waals surface area contributed by atoms with Gasteiger partial charge in [-0.15, -0.1) is 0 Å². The molecule has 0 unspecified atom stereocenters. The first-order valence-electron chi connectivity index (χ1n) is 10.4. The fourth-order valence-corrected chi connectivity index (χ4v) is 3.21. The van der Waals surface area contributed by atoms with Crippen molar-refractivity contribution in [1.82, 2.24) is 5.32 Å². The molecule has 0 heterocycles. The molecule has 0 fully saturated rings. The highest BCUT2D eigenvalue weighted by Crippen LogP contribution is 2.25. The van der Waals surface area contributed by atoms with Crippen LogP contribution in [0.25, 0.3) is 0 Å². The van der Waals surface area contributed by atoms with Gasteiger partial charge in [-0.2, -0.15) is 0 Å². The quantitative estimate of drug-likeness (QED) is 0.405. The Labute approximate surface area is 179 Å². The number of hydrogen-bond donors (Lipinski definition) is 3. The number of nitrogens with one attached hydrogen (secondary N) is 1. The minimum Gasteiger partial charge on any atom is -0.382 e. The van der Waals surface area contributed by atoms with Crippen LogP contribution in [0.5, 0.6) is 0 Å². The van der Waals surface area contributed by atoms with Gasteiger partial charge in [0.15, 0.2) is 11.6 Å². The molecule has 5 nitrogen and oxygen atoms in total. The minimum atomic E-state index is -1.41. The molecule has 0 radical (unpaired) electrons. The summed E-state index contributed by atoms with van der Waals surface area (Å²) in [7, 11) is 0. The van der Waals surface area contributed by atoms with Crippen molar-refractivity contribution in [2.45, 2.75) is 64.7 Å². The zero-order chi connectivity index (χ0) is 22.5. The van der Waals surface area contributed by atoms with E-state index < -0.39 is 11.2 Å². The van der Waals surface area contributed by atoms with Crippen molar-refractivity contribution in [1.29, 1.82) is 0 Å². The number of unbranched alkanes of at least 4 members (excludes halogenated alkanes) is 1. The van der Waals surface area contributed by atoms with Crippen LogP contribution in [-0.2, 0) is 0 Å². The Kier molecular flexibility index (Phi) is 7.70. The second-order valence-electron chi connectivity index (χ2n) is 8.76. The van der Waals surface area contributed by atoms with Crippen LogP contribution in [0, 0.1) is 0 Å². The van der Waals surface area contributed by atoms with Crippen molar-refractivity contribution in [3.63, 3.8) is 0 Å². The summed E-state index contributed by atoms with van der Waals surface area (Å²) in [5, 5.41) is 23.5. The summed E-state index contributed by atoms with van der Waals surface area (Å²) in [5.41, 5.74) is 0.0704. The Morgan fingerprint density at radius 1 is 0.800 bits per heavy atom. The van der Waals surface area contributed by atoms with Gasteiger partial charge in [-0.3, -0.25) is 9.59 Å². The van der Waals surface area contributed by atoms with E-state index in [0.717, 1.165) is 30.5 Å². The van der Waals surface area contributed by atoms with Crippen molar-refractivity contribution in [3.8, 4) is 0 Å². The number of ketones is 2. The monoisotopic (exact) mass is 411 g/mol. The molecule has 0 aliphatic carbocycles. The van der Waals surface area contributed by atoms with Crippen molar-refractivity contribution in [3.05, 3.63) is 70.8 Å². The van der Waals surface area contributed by atoms with Crippen LogP contribution in [0.15, 0.2) is 48.5 Å². The molecule has 0 saturated carbocycles. The third kappa shape index (κ3) is 6.08. The molecular weight excluding hydrogens is 378 g/mol. The Balaban J connectivity index is 2.32. The molecule has 162 valence electrons. The molecule has 30 heavy (non-hydrogen) atoms. The smallest absolute Gasteiger partial charge is 0.193 e. The Morgan fingerprint density at radius 2 is 1.17 bits per heavy atom. The Morgan fingerprint density at radius 3 is 1.47 bits per heavy atom. The molecule has 2 aromatic rings. The number of rotatable bonds is 10. The van der Waals surface area contributed by atoms with Crippen LogP contribution in [0.3, 0.4) is 0 Å². The maximum absolute atomic E-state index is 12.3. The number of carbonyl (C=O) groups excluding carboxylic acids is 2. The van der Waals surface area contributed by atoms with Gasteiger partial charge < -0.3 is 15.5 Å². The van der Waals surface area contributed by atoms with Crippen molar-refractivity contribution >= 4 is 11.6 Å². The maximum atomic E-state index is 12.3. The second kappa shape index (κ2) is 9.65. The van der Waals surface area contributed by atoms with Gasteiger partial charge in [-0.1, -0.05) is 61.9 Å². The second-order valence-corrected chi connectivity index (χ2v) is 8.76. The van der Waals surface area contributed by atoms with E-state index in [1.165, 1.54) is 27.7 Å². The Bertz CT molecular complexity index is 787. The van der Waals surface area contributed by atoms with Gasteiger partial charge in [0.05, 0.1) is 6.04 Å². The molecule has 0 bridgehead atoms. The molecule has 0 spiro atoms. The first-order chi connectivity index (χ1) is 13.9. The molecule has 5 heteroatoms. The minimum absolute atomic E-state index is 0.103. The number of Topliss-reactive ketones (excluding diaryl/α,β-unsaturated/α-hetero) is 2. The van der Waals surface area contributed by atoms with Crippen molar-refractivity contribution in [2.75, 3.05) is 6.54 Å². The lowest BCUT2D eigenvalue weighted by molar-refractivity contribution is 0.0487. The van der Waals surface area contributed by atoms with Crippen LogP contribution < -0.4 is 5.32 Å². The van der Waals surface area contributed by atoms with Gasteiger partial charge in [0.25, 0.3) is 0 Å². The molecule has 0 atom stereocenters. The molecule has 3 N–H and O–H groups in total. The van der Waals surface area contributed by atoms with E-state index in [1.54, 1.807) is 24.3 Å². The fourth-order valence-electron chi connectivity index (χ4n) is 3.21. The average Bonchev–Trinajstić information content (AvgIpc) is 2.69. The van der Waals surface area contributed by atoms with E-state index in [0.29, 0.717) is 11.1 Å². The highest BCUT2D eigenvalue weighted by atomic mass is 16.3. The lowest BCUT2D eigenvalue weighted by Crippen LogP contribution is -2.31. The molecule has 0 amide bonds. The van der Waals surface area contributed by atoms with Crippen LogP contribution in [0.4, 0.5) is 0 Å². The largest absolute Gasteiger partial charge is 0.382 e. The van der Waals surface area contributed by atoms with Gasteiger partial charge in [0.1, 0.15) is 11.2 Å². The third-order valence-electron chi connectivity index (χ3n) is 5.00. The molecule has 2 aromatic carbocycles. The summed E-state index contributed by atoms with van der Waals surface area (Å²) in [6.07, 6.45) is 2.10. The van der Waals surface area contributed by atoms with Gasteiger partial charge in [0, 0.05) is 11.1 Å². The lowest BCUT2D eigenvalue weighted by Gasteiger charge is -2.22. The molecule has 2 rings (SSSR count). The van der Waals surface area contributed by atoms with Gasteiger partial charge in [-0.25, -0.2) is 0 Å². The highest BCUT2D eigenvalue weighted by Gasteiger charge is 2.26. The van der Waals surface area contributed by atoms with Gasteiger partial charge in [-0.05, 0) is 51.8 Å². The summed E-state index contributed by atoms with van der Waals surface area (Å²) < 4.78 is 0.